The number of cyclic esters (lactones) is 1. The zero-order valence-electron chi connectivity index (χ0n) is 32.2. The maximum Gasteiger partial charge on any atom is 0.319 e. The largest absolute Gasteiger partial charge is 0.463 e. The van der Waals surface area contributed by atoms with E-state index in [-0.39, 0.29) is 42.2 Å². The van der Waals surface area contributed by atoms with E-state index in [1.165, 1.54) is 0 Å². The lowest BCUT2D eigenvalue weighted by Crippen LogP contribution is -2.59. The van der Waals surface area contributed by atoms with E-state index in [0.717, 1.165) is 0 Å². The molecule has 3 aliphatic rings. The highest BCUT2D eigenvalue weighted by Gasteiger charge is 2.52. The highest BCUT2D eigenvalue weighted by molar-refractivity contribution is 7.89. The quantitative estimate of drug-likeness (QED) is 0.266. The topological polar surface area (TPSA) is 147 Å². The number of hydrogen-bond donors (Lipinski definition) is 2. The maximum absolute atomic E-state index is 14.3. The number of methoxy groups -OCH3 is 1. The van der Waals surface area contributed by atoms with E-state index in [4.69, 9.17) is 18.9 Å². The fraction of sp³-hybridized carbons (Fsp3) is 0.943. The van der Waals surface area contributed by atoms with Crippen LogP contribution in [0.25, 0.3) is 0 Å². The van der Waals surface area contributed by atoms with Crippen LogP contribution in [-0.4, -0.2) is 154 Å². The Morgan fingerprint density at radius 1 is 1.10 bits per heavy atom. The molecule has 0 aliphatic carbocycles. The first-order valence-corrected chi connectivity index (χ1v) is 19.6. The van der Waals surface area contributed by atoms with Crippen molar-refractivity contribution < 1.29 is 42.1 Å². The zero-order valence-corrected chi connectivity index (χ0v) is 33.0. The van der Waals surface area contributed by atoms with E-state index in [9.17, 15) is 23.1 Å². The molecule has 3 saturated heterocycles. The predicted molar refractivity (Wildman–Crippen MR) is 189 cm³/mol. The van der Waals surface area contributed by atoms with Gasteiger partial charge in [0.15, 0.2) is 12.1 Å². The van der Waals surface area contributed by atoms with Gasteiger partial charge in [0.25, 0.3) is 0 Å². The molecule has 0 radical (unpaired) electrons. The molecule has 0 aromatic rings. The van der Waals surface area contributed by atoms with E-state index in [1.807, 2.05) is 53.7 Å². The predicted octanol–water partition coefficient (Wildman–Crippen LogP) is 2.11. The van der Waals surface area contributed by atoms with E-state index < -0.39 is 57.0 Å². The Hall–Kier alpha value is -1.23. The summed E-state index contributed by atoms with van der Waals surface area (Å²) < 4.78 is 52.9. The normalized spacial score (nSPS) is 35.9. The number of hydrogen-bond acceptors (Lipinski definition) is 12. The van der Waals surface area contributed by atoms with Crippen molar-refractivity contribution in [1.29, 1.82) is 0 Å². The monoisotopic (exact) mass is 718 g/mol. The molecule has 13 nitrogen and oxygen atoms in total. The minimum atomic E-state index is -3.46. The number of sulfonamides is 1. The number of rotatable bonds is 9. The lowest BCUT2D eigenvalue weighted by molar-refractivity contribution is -0.295. The molecule has 3 aliphatic heterocycles. The van der Waals surface area contributed by atoms with Gasteiger partial charge < -0.3 is 34.3 Å². The third-order valence-corrected chi connectivity index (χ3v) is 13.1. The van der Waals surface area contributed by atoms with Crippen LogP contribution in [0.2, 0.25) is 0 Å². The average Bonchev–Trinajstić information content (AvgIpc) is 3.02. The van der Waals surface area contributed by atoms with Crippen LogP contribution in [0.4, 0.5) is 0 Å². The number of esters is 1. The van der Waals surface area contributed by atoms with Gasteiger partial charge in [0, 0.05) is 51.3 Å². The van der Waals surface area contributed by atoms with E-state index >= 15 is 0 Å². The average molecular weight is 719 g/mol. The summed E-state index contributed by atoms with van der Waals surface area (Å²) in [4.78, 5) is 32.3. The fourth-order valence-corrected chi connectivity index (χ4v) is 9.31. The Labute approximate surface area is 295 Å². The van der Waals surface area contributed by atoms with Gasteiger partial charge in [0.1, 0.15) is 18.1 Å². The molecule has 3 rings (SSSR count). The van der Waals surface area contributed by atoms with Gasteiger partial charge in [-0.1, -0.05) is 27.7 Å². The van der Waals surface area contributed by atoms with Crippen LogP contribution in [-0.2, 0) is 38.6 Å². The van der Waals surface area contributed by atoms with Crippen LogP contribution >= 0.6 is 0 Å². The van der Waals surface area contributed by atoms with Crippen molar-refractivity contribution in [3.05, 3.63) is 0 Å². The van der Waals surface area contributed by atoms with Gasteiger partial charge >= 0.3 is 5.97 Å². The molecule has 0 bridgehead atoms. The van der Waals surface area contributed by atoms with Gasteiger partial charge in [-0.05, 0) is 80.4 Å². The third-order valence-electron chi connectivity index (χ3n) is 11.2. The summed E-state index contributed by atoms with van der Waals surface area (Å²) in [7, 11) is 3.93. The SMILES string of the molecule is CO[C@]1(C)C[C@@H](C)CN(C)C2(CCN(S(=O)(=O)CCNC(C)C)CC2)COC(=O)C(C)(C)C(=O)[C@H](C)[C@H]1O[C@@H]1O[C@H](C)C[C@H](N(C)C)[C@H]1O. The van der Waals surface area contributed by atoms with Gasteiger partial charge in [0.05, 0.1) is 29.1 Å². The number of piperidine rings is 1. The first-order valence-electron chi connectivity index (χ1n) is 17.9. The molecule has 286 valence electrons. The number of aliphatic hydroxyl groups is 1. The standard InChI is InChI=1S/C35H66N4O9S/c1-23(2)36-15-18-49(43,44)39-16-13-35(14-17-39)22-46-32(42)33(6,7)29(41)26(5)30(34(8,45-12)20-24(3)21-38(35)11)48-31-28(40)27(37(9)10)19-25(4)47-31/h23-28,30-31,36,40H,13-22H2,1-12H3/t24-,25-,26+,27+,28-,30-,31+,34-/m1/s1. The summed E-state index contributed by atoms with van der Waals surface area (Å²) in [5, 5.41) is 14.5. The first-order chi connectivity index (χ1) is 22.6. The number of likely N-dealkylation sites (N-methyl/N-ethyl adjacent to an activating group) is 2. The maximum atomic E-state index is 14.3. The third kappa shape index (κ3) is 9.81. The fourth-order valence-electron chi connectivity index (χ4n) is 7.93. The van der Waals surface area contributed by atoms with Crippen molar-refractivity contribution in [3.8, 4) is 0 Å². The van der Waals surface area contributed by atoms with Crippen LogP contribution in [0.3, 0.4) is 0 Å². The minimum absolute atomic E-state index is 0.0189. The smallest absolute Gasteiger partial charge is 0.319 e. The van der Waals surface area contributed by atoms with E-state index in [0.29, 0.717) is 51.9 Å². The minimum Gasteiger partial charge on any atom is -0.463 e. The van der Waals surface area contributed by atoms with Crippen LogP contribution in [0.5, 0.6) is 0 Å². The summed E-state index contributed by atoms with van der Waals surface area (Å²) in [6.45, 7) is 16.4. The van der Waals surface area contributed by atoms with Crippen LogP contribution in [0.15, 0.2) is 0 Å². The molecule has 49 heavy (non-hydrogen) atoms. The number of ether oxygens (including phenoxy) is 4. The lowest BCUT2D eigenvalue weighted by atomic mass is 9.74. The van der Waals surface area contributed by atoms with Crippen molar-refractivity contribution >= 4 is 21.8 Å². The molecule has 0 aromatic carbocycles. The van der Waals surface area contributed by atoms with E-state index in [2.05, 4.69) is 17.1 Å². The van der Waals surface area contributed by atoms with Crippen molar-refractivity contribution in [2.75, 3.05) is 66.8 Å². The highest BCUT2D eigenvalue weighted by atomic mass is 32.2. The second-order valence-corrected chi connectivity index (χ2v) is 18.3. The van der Waals surface area contributed by atoms with Crippen molar-refractivity contribution in [3.63, 3.8) is 0 Å². The second-order valence-electron chi connectivity index (χ2n) is 16.2. The van der Waals surface area contributed by atoms with Gasteiger partial charge in [-0.25, -0.2) is 12.7 Å². The zero-order chi connectivity index (χ0) is 37.1. The van der Waals surface area contributed by atoms with Gasteiger partial charge in [-0.3, -0.25) is 14.5 Å². The molecule has 3 heterocycles. The van der Waals surface area contributed by atoms with Crippen LogP contribution < -0.4 is 5.32 Å². The number of carbonyl (C=O) groups excluding carboxylic acids is 2. The molecule has 1 spiro atoms. The van der Waals surface area contributed by atoms with E-state index in [1.54, 1.807) is 32.2 Å². The van der Waals surface area contributed by atoms with Gasteiger partial charge in [-0.15, -0.1) is 0 Å². The molecule has 0 saturated carbocycles. The number of Topliss-reactive ketones (excluding diaryl/α,β-unsaturated/α-hetero) is 1. The summed E-state index contributed by atoms with van der Waals surface area (Å²) >= 11 is 0. The van der Waals surface area contributed by atoms with Crippen LogP contribution in [0.1, 0.15) is 81.1 Å². The molecule has 14 heteroatoms. The molecule has 8 atom stereocenters. The van der Waals surface area contributed by atoms with Crippen LogP contribution in [0, 0.1) is 17.3 Å². The number of ketones is 1. The molecule has 3 fully saturated rings. The number of nitrogens with one attached hydrogen (secondary N) is 1. The molecular weight excluding hydrogens is 652 g/mol. The molecular formula is C35H66N4O9S. The number of aliphatic hydroxyl groups excluding tert-OH is 1. The molecule has 0 aromatic heterocycles. The summed E-state index contributed by atoms with van der Waals surface area (Å²) in [6, 6.07) is -0.0190. The Morgan fingerprint density at radius 2 is 1.71 bits per heavy atom. The van der Waals surface area contributed by atoms with Crippen molar-refractivity contribution in [1.82, 2.24) is 19.4 Å². The van der Waals surface area contributed by atoms with Gasteiger partial charge in [0.2, 0.25) is 10.0 Å². The summed E-state index contributed by atoms with van der Waals surface area (Å²) in [6.07, 6.45) is -0.976. The highest BCUT2D eigenvalue weighted by Crippen LogP contribution is 2.40. The second kappa shape index (κ2) is 16.6. The Balaban J connectivity index is 1.94. The lowest BCUT2D eigenvalue weighted by Gasteiger charge is -2.48. The first kappa shape index (κ1) is 42.2. The van der Waals surface area contributed by atoms with Crippen molar-refractivity contribution in [2.24, 2.45) is 17.3 Å². The molecule has 0 amide bonds. The number of nitrogens with zero attached hydrogens (tertiary/aromatic N) is 3. The Bertz CT molecular complexity index is 1220. The van der Waals surface area contributed by atoms with Crippen molar-refractivity contribution in [2.45, 2.75) is 129 Å². The molecule has 2 N–H and O–H groups in total. The molecule has 0 unspecified atom stereocenters. The number of carbonyl (C=O) groups is 2. The summed E-state index contributed by atoms with van der Waals surface area (Å²) in [5.74, 6) is -1.79. The van der Waals surface area contributed by atoms with Gasteiger partial charge in [-0.2, -0.15) is 0 Å². The Morgan fingerprint density at radius 3 is 2.27 bits per heavy atom. The Kier molecular flexibility index (Phi) is 14.3. The summed E-state index contributed by atoms with van der Waals surface area (Å²) in [5.41, 5.74) is -3.15.